The van der Waals surface area contributed by atoms with Crippen LogP contribution >= 0.6 is 0 Å². The second kappa shape index (κ2) is 6.17. The number of hydrogen-bond acceptors (Lipinski definition) is 3. The first kappa shape index (κ1) is 14.7. The van der Waals surface area contributed by atoms with Gasteiger partial charge in [-0.05, 0) is 31.0 Å². The molecule has 0 bridgehead atoms. The summed E-state index contributed by atoms with van der Waals surface area (Å²) in [6.45, 7) is 3.96. The van der Waals surface area contributed by atoms with E-state index in [1.807, 2.05) is 32.0 Å². The highest BCUT2D eigenvalue weighted by Crippen LogP contribution is 2.18. The minimum absolute atomic E-state index is 0.0423. The molecule has 2 aromatic carbocycles. The Bertz CT molecular complexity index is 696. The van der Waals surface area contributed by atoms with Crippen LogP contribution in [0.3, 0.4) is 0 Å². The van der Waals surface area contributed by atoms with Gasteiger partial charge in [0.2, 0.25) is 5.91 Å². The average molecular weight is 284 g/mol. The Balaban J connectivity index is 2.08. The number of non-ortho nitro benzene ring substituents is 1. The van der Waals surface area contributed by atoms with Crippen LogP contribution in [0.4, 0.5) is 11.4 Å². The summed E-state index contributed by atoms with van der Waals surface area (Å²) in [7, 11) is 0. The van der Waals surface area contributed by atoms with Crippen LogP contribution in [0.15, 0.2) is 42.5 Å². The summed E-state index contributed by atoms with van der Waals surface area (Å²) < 4.78 is 0. The number of amides is 1. The summed E-state index contributed by atoms with van der Waals surface area (Å²) in [6, 6.07) is 11.8. The van der Waals surface area contributed by atoms with E-state index >= 15 is 0 Å². The predicted molar refractivity (Wildman–Crippen MR) is 81.3 cm³/mol. The number of nitro benzene ring substituents is 1. The maximum Gasteiger partial charge on any atom is 0.271 e. The Kier molecular flexibility index (Phi) is 4.33. The van der Waals surface area contributed by atoms with E-state index in [0.29, 0.717) is 5.69 Å². The van der Waals surface area contributed by atoms with Crippen molar-refractivity contribution in [2.75, 3.05) is 5.32 Å². The fourth-order valence-electron chi connectivity index (χ4n) is 2.12. The number of nitrogens with zero attached hydrogens (tertiary/aromatic N) is 1. The second-order valence-electron chi connectivity index (χ2n) is 4.96. The average Bonchev–Trinajstić information content (AvgIpc) is 2.42. The predicted octanol–water partition coefficient (Wildman–Crippen LogP) is 3.39. The summed E-state index contributed by atoms with van der Waals surface area (Å²) >= 11 is 0. The Morgan fingerprint density at radius 3 is 2.62 bits per heavy atom. The molecule has 0 aromatic heterocycles. The van der Waals surface area contributed by atoms with Gasteiger partial charge in [0, 0.05) is 17.8 Å². The molecule has 0 radical (unpaired) electrons. The molecule has 1 N–H and O–H groups in total. The number of nitrogens with one attached hydrogen (secondary N) is 1. The van der Waals surface area contributed by atoms with Crippen LogP contribution in [0.1, 0.15) is 16.7 Å². The third kappa shape index (κ3) is 3.89. The van der Waals surface area contributed by atoms with Gasteiger partial charge in [-0.3, -0.25) is 14.9 Å². The molecule has 5 nitrogen and oxygen atoms in total. The summed E-state index contributed by atoms with van der Waals surface area (Å²) in [4.78, 5) is 22.2. The van der Waals surface area contributed by atoms with Gasteiger partial charge >= 0.3 is 0 Å². The Morgan fingerprint density at radius 1 is 1.19 bits per heavy atom. The van der Waals surface area contributed by atoms with Crippen molar-refractivity contribution in [2.45, 2.75) is 20.3 Å². The SMILES string of the molecule is Cc1ccc(CC(=O)Nc2cccc([N+](=O)[O-])c2)c(C)c1. The number of anilines is 1. The highest BCUT2D eigenvalue weighted by Gasteiger charge is 2.09. The molecule has 0 unspecified atom stereocenters. The highest BCUT2D eigenvalue weighted by molar-refractivity contribution is 5.92. The standard InChI is InChI=1S/C16H16N2O3/c1-11-6-7-13(12(2)8-11)9-16(19)17-14-4-3-5-15(10-14)18(20)21/h3-8,10H,9H2,1-2H3,(H,17,19). The van der Waals surface area contributed by atoms with Crippen LogP contribution in [0.25, 0.3) is 0 Å². The molecule has 0 fully saturated rings. The number of rotatable bonds is 4. The first-order chi connectivity index (χ1) is 9.95. The van der Waals surface area contributed by atoms with Crippen molar-refractivity contribution in [3.63, 3.8) is 0 Å². The Hall–Kier alpha value is -2.69. The number of carbonyl (C=O) groups excluding carboxylic acids is 1. The minimum Gasteiger partial charge on any atom is -0.326 e. The molecule has 21 heavy (non-hydrogen) atoms. The quantitative estimate of drug-likeness (QED) is 0.691. The van der Waals surface area contributed by atoms with Gasteiger partial charge in [0.05, 0.1) is 11.3 Å². The molecular formula is C16H16N2O3. The molecule has 0 saturated carbocycles. The normalized spacial score (nSPS) is 10.2. The summed E-state index contributed by atoms with van der Waals surface area (Å²) in [5.74, 6) is -0.192. The van der Waals surface area contributed by atoms with Gasteiger partial charge in [0.25, 0.3) is 5.69 Å². The number of nitro groups is 1. The van der Waals surface area contributed by atoms with Crippen molar-refractivity contribution in [1.82, 2.24) is 0 Å². The van der Waals surface area contributed by atoms with E-state index in [-0.39, 0.29) is 18.0 Å². The largest absolute Gasteiger partial charge is 0.326 e. The van der Waals surface area contributed by atoms with E-state index in [1.54, 1.807) is 12.1 Å². The first-order valence-electron chi connectivity index (χ1n) is 6.56. The highest BCUT2D eigenvalue weighted by atomic mass is 16.6. The van der Waals surface area contributed by atoms with Gasteiger partial charge in [0.1, 0.15) is 0 Å². The number of carbonyl (C=O) groups is 1. The summed E-state index contributed by atoms with van der Waals surface area (Å²) in [6.07, 6.45) is 0.245. The molecule has 5 heteroatoms. The van der Waals surface area contributed by atoms with Gasteiger partial charge in [0.15, 0.2) is 0 Å². The van der Waals surface area contributed by atoms with E-state index in [4.69, 9.17) is 0 Å². The molecule has 0 saturated heterocycles. The van der Waals surface area contributed by atoms with Gasteiger partial charge in [-0.1, -0.05) is 29.8 Å². The lowest BCUT2D eigenvalue weighted by Gasteiger charge is -2.08. The monoisotopic (exact) mass is 284 g/mol. The lowest BCUT2D eigenvalue weighted by atomic mass is 10.0. The molecule has 0 spiro atoms. The molecule has 2 aromatic rings. The van der Waals surface area contributed by atoms with Crippen molar-refractivity contribution in [2.24, 2.45) is 0 Å². The van der Waals surface area contributed by atoms with E-state index < -0.39 is 4.92 Å². The molecule has 0 aliphatic rings. The van der Waals surface area contributed by atoms with Crippen LogP contribution in [0, 0.1) is 24.0 Å². The van der Waals surface area contributed by atoms with E-state index in [1.165, 1.54) is 12.1 Å². The third-order valence-corrected chi connectivity index (χ3v) is 3.19. The molecule has 0 aliphatic heterocycles. The van der Waals surface area contributed by atoms with Crippen LogP contribution in [0.2, 0.25) is 0 Å². The molecule has 108 valence electrons. The van der Waals surface area contributed by atoms with Gasteiger partial charge < -0.3 is 5.32 Å². The van der Waals surface area contributed by atoms with Gasteiger partial charge in [-0.2, -0.15) is 0 Å². The maximum absolute atomic E-state index is 12.0. The van der Waals surface area contributed by atoms with Crippen molar-refractivity contribution < 1.29 is 9.72 Å². The minimum atomic E-state index is -0.486. The van der Waals surface area contributed by atoms with Gasteiger partial charge in [-0.15, -0.1) is 0 Å². The van der Waals surface area contributed by atoms with Crippen molar-refractivity contribution in [1.29, 1.82) is 0 Å². The van der Waals surface area contributed by atoms with Gasteiger partial charge in [-0.25, -0.2) is 0 Å². The van der Waals surface area contributed by atoms with Crippen LogP contribution in [0.5, 0.6) is 0 Å². The van der Waals surface area contributed by atoms with Crippen LogP contribution in [-0.4, -0.2) is 10.8 Å². The molecule has 2 rings (SSSR count). The van der Waals surface area contributed by atoms with E-state index in [9.17, 15) is 14.9 Å². The maximum atomic E-state index is 12.0. The second-order valence-corrected chi connectivity index (χ2v) is 4.96. The fourth-order valence-corrected chi connectivity index (χ4v) is 2.12. The van der Waals surface area contributed by atoms with E-state index in [2.05, 4.69) is 5.32 Å². The van der Waals surface area contributed by atoms with Crippen LogP contribution in [-0.2, 0) is 11.2 Å². The summed E-state index contributed by atoms with van der Waals surface area (Å²) in [5.41, 5.74) is 3.54. The number of aryl methyl sites for hydroxylation is 2. The zero-order chi connectivity index (χ0) is 15.4. The Labute approximate surface area is 122 Å². The lowest BCUT2D eigenvalue weighted by molar-refractivity contribution is -0.384. The van der Waals surface area contributed by atoms with Crippen molar-refractivity contribution in [3.8, 4) is 0 Å². The van der Waals surface area contributed by atoms with Crippen molar-refractivity contribution in [3.05, 3.63) is 69.3 Å². The Morgan fingerprint density at radius 2 is 1.95 bits per heavy atom. The zero-order valence-electron chi connectivity index (χ0n) is 11.9. The fraction of sp³-hybridized carbons (Fsp3) is 0.188. The number of benzene rings is 2. The smallest absolute Gasteiger partial charge is 0.271 e. The molecule has 0 aliphatic carbocycles. The lowest BCUT2D eigenvalue weighted by Crippen LogP contribution is -2.15. The number of hydrogen-bond donors (Lipinski definition) is 1. The van der Waals surface area contributed by atoms with E-state index in [0.717, 1.165) is 16.7 Å². The molecule has 0 heterocycles. The third-order valence-electron chi connectivity index (χ3n) is 3.19. The molecular weight excluding hydrogens is 268 g/mol. The zero-order valence-corrected chi connectivity index (χ0v) is 11.9. The topological polar surface area (TPSA) is 72.2 Å². The molecule has 0 atom stereocenters. The molecule has 1 amide bonds. The van der Waals surface area contributed by atoms with Crippen molar-refractivity contribution >= 4 is 17.3 Å². The van der Waals surface area contributed by atoms with Crippen LogP contribution < -0.4 is 5.32 Å². The first-order valence-corrected chi connectivity index (χ1v) is 6.56. The summed E-state index contributed by atoms with van der Waals surface area (Å²) in [5, 5.41) is 13.4.